The molecular weight excluding hydrogens is 496 g/mol. The lowest BCUT2D eigenvalue weighted by atomic mass is 9.81. The topological polar surface area (TPSA) is 108 Å². The van der Waals surface area contributed by atoms with Crippen LogP contribution in [-0.2, 0) is 19.1 Å². The van der Waals surface area contributed by atoms with Gasteiger partial charge in [-0.25, -0.2) is 4.79 Å². The van der Waals surface area contributed by atoms with E-state index in [0.29, 0.717) is 38.6 Å². The van der Waals surface area contributed by atoms with Crippen molar-refractivity contribution in [3.8, 4) is 0 Å². The molecule has 1 atom stereocenters. The van der Waals surface area contributed by atoms with Crippen molar-refractivity contribution in [2.45, 2.75) is 78.4 Å². The molecule has 0 aromatic heterocycles. The third-order valence-electron chi connectivity index (χ3n) is 7.46. The van der Waals surface area contributed by atoms with Gasteiger partial charge in [0.05, 0.1) is 12.5 Å². The Kier molecular flexibility index (Phi) is 10.8. The third-order valence-corrected chi connectivity index (χ3v) is 7.46. The number of nitrogens with one attached hydrogen (secondary N) is 2. The third kappa shape index (κ3) is 9.55. The molecule has 4 amide bonds. The molecule has 1 aliphatic carbocycles. The highest BCUT2D eigenvalue weighted by molar-refractivity contribution is 5.81. The van der Waals surface area contributed by atoms with Crippen LogP contribution in [0.5, 0.6) is 0 Å². The lowest BCUT2D eigenvalue weighted by molar-refractivity contribution is -0.144. The second-order valence-corrected chi connectivity index (χ2v) is 12.1. The van der Waals surface area contributed by atoms with Crippen LogP contribution in [0.2, 0.25) is 0 Å². The monoisotopic (exact) mass is 542 g/mol. The summed E-state index contributed by atoms with van der Waals surface area (Å²) in [6.07, 6.45) is 2.97. The molecule has 1 aliphatic heterocycles. The first-order valence-corrected chi connectivity index (χ1v) is 14.3. The number of benzene rings is 1. The van der Waals surface area contributed by atoms with Crippen LogP contribution >= 0.6 is 0 Å². The van der Waals surface area contributed by atoms with Gasteiger partial charge in [-0.15, -0.1) is 0 Å². The molecule has 1 saturated carbocycles. The van der Waals surface area contributed by atoms with E-state index in [9.17, 15) is 19.2 Å². The second kappa shape index (κ2) is 13.8. The normalized spacial score (nSPS) is 20.8. The summed E-state index contributed by atoms with van der Waals surface area (Å²) < 4.78 is 5.39. The van der Waals surface area contributed by atoms with Crippen LogP contribution in [0.3, 0.4) is 0 Å². The Balaban J connectivity index is 1.42. The number of piperazine rings is 1. The molecule has 9 heteroatoms. The van der Waals surface area contributed by atoms with Crippen LogP contribution < -0.4 is 10.6 Å². The Bertz CT molecular complexity index is 975. The maximum Gasteiger partial charge on any atom is 0.408 e. The van der Waals surface area contributed by atoms with Gasteiger partial charge in [-0.2, -0.15) is 0 Å². The van der Waals surface area contributed by atoms with Gasteiger partial charge >= 0.3 is 6.09 Å². The van der Waals surface area contributed by atoms with E-state index in [0.717, 1.165) is 31.2 Å². The van der Waals surface area contributed by atoms with Gasteiger partial charge in [-0.05, 0) is 57.9 Å². The minimum absolute atomic E-state index is 0.0183. The first-order chi connectivity index (χ1) is 18.4. The number of ether oxygens (including phenoxy) is 1. The number of carbonyl (C=O) groups is 4. The van der Waals surface area contributed by atoms with Crippen LogP contribution in [-0.4, -0.2) is 71.9 Å². The van der Waals surface area contributed by atoms with Crippen molar-refractivity contribution in [1.82, 2.24) is 20.4 Å². The Morgan fingerprint density at radius 1 is 0.923 bits per heavy atom. The van der Waals surface area contributed by atoms with Gasteiger partial charge in [0.15, 0.2) is 0 Å². The van der Waals surface area contributed by atoms with Crippen LogP contribution in [0.1, 0.15) is 78.3 Å². The number of rotatable bonds is 8. The summed E-state index contributed by atoms with van der Waals surface area (Å²) in [5.74, 6) is 0.547. The molecule has 1 aromatic carbocycles. The van der Waals surface area contributed by atoms with Crippen LogP contribution in [0.4, 0.5) is 4.79 Å². The Morgan fingerprint density at radius 3 is 2.08 bits per heavy atom. The minimum atomic E-state index is -0.630. The molecule has 0 spiro atoms. The fourth-order valence-corrected chi connectivity index (χ4v) is 5.29. The highest BCUT2D eigenvalue weighted by Crippen LogP contribution is 2.30. The summed E-state index contributed by atoms with van der Waals surface area (Å²) in [5, 5.41) is 5.88. The zero-order valence-corrected chi connectivity index (χ0v) is 24.2. The molecule has 2 fully saturated rings. The van der Waals surface area contributed by atoms with E-state index in [1.165, 1.54) is 0 Å². The van der Waals surface area contributed by atoms with Gasteiger partial charge in [-0.1, -0.05) is 44.2 Å². The van der Waals surface area contributed by atoms with E-state index >= 15 is 0 Å². The average molecular weight is 543 g/mol. The van der Waals surface area contributed by atoms with Crippen molar-refractivity contribution in [2.24, 2.45) is 17.8 Å². The largest absolute Gasteiger partial charge is 0.444 e. The van der Waals surface area contributed by atoms with Crippen molar-refractivity contribution in [3.63, 3.8) is 0 Å². The number of hydrogen-bond acceptors (Lipinski definition) is 5. The van der Waals surface area contributed by atoms with Gasteiger partial charge in [0, 0.05) is 44.6 Å². The summed E-state index contributed by atoms with van der Waals surface area (Å²) in [5.41, 5.74) is 0.210. The van der Waals surface area contributed by atoms with Gasteiger partial charge < -0.3 is 25.2 Å². The molecule has 2 N–H and O–H groups in total. The molecule has 3 rings (SSSR count). The van der Waals surface area contributed by atoms with Gasteiger partial charge in [-0.3, -0.25) is 14.4 Å². The standard InChI is InChI=1S/C30H46N4O5/c1-21(2)27(36)33-15-17-34(18-16-33)28(37)24-13-11-22(12-14-24)20-31-26(35)19-25(23-9-7-6-8-10-23)32-29(38)39-30(3,4)5/h6-10,21-22,24-25H,11-20H2,1-5H3,(H,31,35)(H,32,38). The second-order valence-electron chi connectivity index (χ2n) is 12.1. The fraction of sp³-hybridized carbons (Fsp3) is 0.667. The molecule has 0 bridgehead atoms. The summed E-state index contributed by atoms with van der Waals surface area (Å²) in [7, 11) is 0. The quantitative estimate of drug-likeness (QED) is 0.518. The molecule has 1 saturated heterocycles. The van der Waals surface area contributed by atoms with E-state index < -0.39 is 17.7 Å². The number of nitrogens with zero attached hydrogens (tertiary/aromatic N) is 2. The van der Waals surface area contributed by atoms with E-state index in [4.69, 9.17) is 4.74 Å². The smallest absolute Gasteiger partial charge is 0.408 e. The van der Waals surface area contributed by atoms with Crippen molar-refractivity contribution in [1.29, 1.82) is 0 Å². The van der Waals surface area contributed by atoms with Gasteiger partial charge in [0.2, 0.25) is 17.7 Å². The molecule has 1 unspecified atom stereocenters. The molecule has 1 aromatic rings. The van der Waals surface area contributed by atoms with Crippen LogP contribution in [0, 0.1) is 17.8 Å². The first kappa shape index (κ1) is 30.4. The number of hydrogen-bond donors (Lipinski definition) is 2. The molecule has 1 heterocycles. The summed E-state index contributed by atoms with van der Waals surface area (Å²) in [6, 6.07) is 8.92. The fourth-order valence-electron chi connectivity index (χ4n) is 5.29. The highest BCUT2D eigenvalue weighted by Gasteiger charge is 2.32. The van der Waals surface area contributed by atoms with E-state index in [1.807, 2.05) is 54.0 Å². The maximum atomic E-state index is 13.1. The van der Waals surface area contributed by atoms with Crippen molar-refractivity contribution in [3.05, 3.63) is 35.9 Å². The number of alkyl carbamates (subject to hydrolysis) is 1. The van der Waals surface area contributed by atoms with E-state index in [2.05, 4.69) is 10.6 Å². The molecule has 0 radical (unpaired) electrons. The lowest BCUT2D eigenvalue weighted by Crippen LogP contribution is -2.53. The zero-order chi connectivity index (χ0) is 28.6. The first-order valence-electron chi connectivity index (χ1n) is 14.3. The Morgan fingerprint density at radius 2 is 1.51 bits per heavy atom. The van der Waals surface area contributed by atoms with Gasteiger partial charge in [0.1, 0.15) is 5.60 Å². The Labute approximate surface area is 233 Å². The molecular formula is C30H46N4O5. The zero-order valence-electron chi connectivity index (χ0n) is 24.2. The van der Waals surface area contributed by atoms with E-state index in [1.54, 1.807) is 20.8 Å². The average Bonchev–Trinajstić information content (AvgIpc) is 2.90. The maximum absolute atomic E-state index is 13.1. The van der Waals surface area contributed by atoms with Crippen LogP contribution in [0.15, 0.2) is 30.3 Å². The van der Waals surface area contributed by atoms with Crippen molar-refractivity contribution >= 4 is 23.8 Å². The van der Waals surface area contributed by atoms with Crippen LogP contribution in [0.25, 0.3) is 0 Å². The lowest BCUT2D eigenvalue weighted by Gasteiger charge is -2.38. The summed E-state index contributed by atoms with van der Waals surface area (Å²) in [6.45, 7) is 12.2. The van der Waals surface area contributed by atoms with Crippen molar-refractivity contribution < 1.29 is 23.9 Å². The molecule has 9 nitrogen and oxygen atoms in total. The number of carbonyl (C=O) groups excluding carboxylic acids is 4. The van der Waals surface area contributed by atoms with Crippen molar-refractivity contribution in [2.75, 3.05) is 32.7 Å². The van der Waals surface area contributed by atoms with Gasteiger partial charge in [0.25, 0.3) is 0 Å². The SMILES string of the molecule is CC(C)C(=O)N1CCN(C(=O)C2CCC(CNC(=O)CC(NC(=O)OC(C)(C)C)c3ccccc3)CC2)CC1. The summed E-state index contributed by atoms with van der Waals surface area (Å²) in [4.78, 5) is 54.3. The number of amides is 4. The Hall–Kier alpha value is -3.10. The molecule has 216 valence electrons. The molecule has 2 aliphatic rings. The predicted molar refractivity (Wildman–Crippen MR) is 150 cm³/mol. The summed E-state index contributed by atoms with van der Waals surface area (Å²) >= 11 is 0. The highest BCUT2D eigenvalue weighted by atomic mass is 16.6. The molecule has 39 heavy (non-hydrogen) atoms. The predicted octanol–water partition coefficient (Wildman–Crippen LogP) is 3.89. The minimum Gasteiger partial charge on any atom is -0.444 e. The van der Waals surface area contributed by atoms with E-state index in [-0.39, 0.29) is 36.0 Å².